The van der Waals surface area contributed by atoms with Crippen molar-refractivity contribution in [3.63, 3.8) is 0 Å². The van der Waals surface area contributed by atoms with Crippen molar-refractivity contribution in [2.24, 2.45) is 5.92 Å². The average Bonchev–Trinajstić information content (AvgIpc) is 2.48. The third-order valence-corrected chi connectivity index (χ3v) is 4.35. The minimum Gasteiger partial charge on any atom is -0.311 e. The summed E-state index contributed by atoms with van der Waals surface area (Å²) in [6, 6.07) is 12.2. The topological polar surface area (TPSA) is 15.3 Å². The molecular weight excluding hydrogens is 256 g/mol. The molecule has 2 nitrogen and oxygen atoms in total. The second kappa shape index (κ2) is 7.64. The average molecular weight is 284 g/mol. The van der Waals surface area contributed by atoms with Gasteiger partial charge in [0.1, 0.15) is 0 Å². The summed E-state index contributed by atoms with van der Waals surface area (Å²) in [6.07, 6.45) is 7.58. The van der Waals surface area contributed by atoms with Gasteiger partial charge in [0.25, 0.3) is 0 Å². The van der Waals surface area contributed by atoms with Crippen molar-refractivity contribution >= 4 is 0 Å². The van der Waals surface area contributed by atoms with Gasteiger partial charge >= 0.3 is 0 Å². The van der Waals surface area contributed by atoms with Crippen LogP contribution >= 0.6 is 0 Å². The molecule has 0 radical (unpaired) electrons. The lowest BCUT2D eigenvalue weighted by Crippen LogP contribution is -2.55. The van der Waals surface area contributed by atoms with Crippen molar-refractivity contribution in [3.8, 4) is 12.3 Å². The van der Waals surface area contributed by atoms with Gasteiger partial charge in [-0.05, 0) is 24.8 Å². The van der Waals surface area contributed by atoms with Crippen molar-refractivity contribution in [3.05, 3.63) is 35.9 Å². The zero-order valence-corrected chi connectivity index (χ0v) is 13.5. The molecular formula is C19H28N2. The first-order valence-electron chi connectivity index (χ1n) is 8.09. The first-order valence-corrected chi connectivity index (χ1v) is 8.09. The molecule has 0 aliphatic carbocycles. The minimum atomic E-state index is 0.428. The highest BCUT2D eigenvalue weighted by atomic mass is 15.3. The molecule has 1 aromatic carbocycles. The van der Waals surface area contributed by atoms with E-state index in [1.807, 2.05) is 0 Å². The van der Waals surface area contributed by atoms with Gasteiger partial charge in [-0.2, -0.15) is 0 Å². The summed E-state index contributed by atoms with van der Waals surface area (Å²) >= 11 is 0. The van der Waals surface area contributed by atoms with Gasteiger partial charge in [0.15, 0.2) is 0 Å². The molecule has 2 heteroatoms. The Labute approximate surface area is 129 Å². The van der Waals surface area contributed by atoms with Gasteiger partial charge in [0.2, 0.25) is 0 Å². The Bertz CT molecular complexity index is 460. The van der Waals surface area contributed by atoms with Gasteiger partial charge in [-0.15, -0.1) is 12.3 Å². The summed E-state index contributed by atoms with van der Waals surface area (Å²) in [4.78, 5) is 2.60. The van der Waals surface area contributed by atoms with Crippen LogP contribution < -0.4 is 5.32 Å². The van der Waals surface area contributed by atoms with Crippen LogP contribution in [0.5, 0.6) is 0 Å². The maximum Gasteiger partial charge on any atom is 0.0476 e. The second-order valence-electron chi connectivity index (χ2n) is 6.62. The molecule has 21 heavy (non-hydrogen) atoms. The minimum absolute atomic E-state index is 0.428. The molecule has 114 valence electrons. The predicted octanol–water partition coefficient (Wildman–Crippen LogP) is 3.46. The molecule has 3 atom stereocenters. The maximum atomic E-state index is 5.54. The molecule has 0 aromatic heterocycles. The molecule has 0 spiro atoms. The molecule has 1 heterocycles. The first kappa shape index (κ1) is 16.1. The van der Waals surface area contributed by atoms with Crippen LogP contribution in [0.3, 0.4) is 0 Å². The zero-order valence-electron chi connectivity index (χ0n) is 13.5. The lowest BCUT2D eigenvalue weighted by molar-refractivity contribution is 0.0845. The summed E-state index contributed by atoms with van der Waals surface area (Å²) in [5.41, 5.74) is 1.39. The molecule has 0 saturated carbocycles. The molecule has 1 aliphatic heterocycles. The SMILES string of the molecule is C#CCC(C)N1CC(CC(C)C)NCC1c1ccccc1. The van der Waals surface area contributed by atoms with Crippen molar-refractivity contribution in [2.45, 2.75) is 51.7 Å². The highest BCUT2D eigenvalue weighted by molar-refractivity contribution is 5.20. The fourth-order valence-corrected chi connectivity index (χ4v) is 3.33. The van der Waals surface area contributed by atoms with Crippen LogP contribution in [0.1, 0.15) is 45.2 Å². The summed E-state index contributed by atoms with van der Waals surface area (Å²) in [5.74, 6) is 3.55. The van der Waals surface area contributed by atoms with Crippen molar-refractivity contribution < 1.29 is 0 Å². The fraction of sp³-hybridized carbons (Fsp3) is 0.579. The summed E-state index contributed by atoms with van der Waals surface area (Å²) in [5, 5.41) is 3.73. The lowest BCUT2D eigenvalue weighted by atomic mass is 9.94. The summed E-state index contributed by atoms with van der Waals surface area (Å²) in [7, 11) is 0. The van der Waals surface area contributed by atoms with E-state index in [4.69, 9.17) is 6.42 Å². The van der Waals surface area contributed by atoms with Gasteiger partial charge < -0.3 is 5.32 Å². The highest BCUT2D eigenvalue weighted by Gasteiger charge is 2.31. The van der Waals surface area contributed by atoms with Gasteiger partial charge in [-0.25, -0.2) is 0 Å². The Hall–Kier alpha value is -1.30. The molecule has 1 aromatic rings. The van der Waals surface area contributed by atoms with E-state index >= 15 is 0 Å². The Morgan fingerprint density at radius 2 is 2.00 bits per heavy atom. The second-order valence-corrected chi connectivity index (χ2v) is 6.62. The molecule has 1 saturated heterocycles. The van der Waals surface area contributed by atoms with E-state index in [0.29, 0.717) is 18.1 Å². The summed E-state index contributed by atoms with van der Waals surface area (Å²) in [6.45, 7) is 8.94. The number of benzene rings is 1. The van der Waals surface area contributed by atoms with Crippen LogP contribution in [0.2, 0.25) is 0 Å². The molecule has 1 fully saturated rings. The van der Waals surface area contributed by atoms with E-state index in [9.17, 15) is 0 Å². The van der Waals surface area contributed by atoms with Gasteiger partial charge in [-0.3, -0.25) is 4.90 Å². The smallest absolute Gasteiger partial charge is 0.0476 e. The molecule has 0 amide bonds. The van der Waals surface area contributed by atoms with Crippen LogP contribution in [0.25, 0.3) is 0 Å². The Morgan fingerprint density at radius 1 is 1.29 bits per heavy atom. The van der Waals surface area contributed by atoms with E-state index in [1.54, 1.807) is 0 Å². The third kappa shape index (κ3) is 4.33. The van der Waals surface area contributed by atoms with E-state index in [1.165, 1.54) is 12.0 Å². The van der Waals surface area contributed by atoms with Gasteiger partial charge in [0.05, 0.1) is 0 Å². The molecule has 0 bridgehead atoms. The summed E-state index contributed by atoms with van der Waals surface area (Å²) < 4.78 is 0. The number of nitrogens with zero attached hydrogens (tertiary/aromatic N) is 1. The van der Waals surface area contributed by atoms with Gasteiger partial charge in [0, 0.05) is 37.6 Å². The zero-order chi connectivity index (χ0) is 15.2. The van der Waals surface area contributed by atoms with E-state index < -0.39 is 0 Å². The Kier molecular flexibility index (Phi) is 5.85. The monoisotopic (exact) mass is 284 g/mol. The van der Waals surface area contributed by atoms with E-state index in [-0.39, 0.29) is 0 Å². The van der Waals surface area contributed by atoms with Crippen LogP contribution in [0, 0.1) is 18.3 Å². The molecule has 2 rings (SSSR count). The van der Waals surface area contributed by atoms with Gasteiger partial charge in [-0.1, -0.05) is 44.2 Å². The molecule has 1 aliphatic rings. The molecule has 1 N–H and O–H groups in total. The van der Waals surface area contributed by atoms with Crippen molar-refractivity contribution in [1.82, 2.24) is 10.2 Å². The van der Waals surface area contributed by atoms with Crippen LogP contribution in [0.4, 0.5) is 0 Å². The number of hydrogen-bond acceptors (Lipinski definition) is 2. The van der Waals surface area contributed by atoms with Crippen LogP contribution in [-0.2, 0) is 0 Å². The Balaban J connectivity index is 2.14. The number of rotatable bonds is 5. The highest BCUT2D eigenvalue weighted by Crippen LogP contribution is 2.28. The normalized spacial score (nSPS) is 24.7. The largest absolute Gasteiger partial charge is 0.311 e. The number of piperazine rings is 1. The van der Waals surface area contributed by atoms with Crippen molar-refractivity contribution in [1.29, 1.82) is 0 Å². The van der Waals surface area contributed by atoms with E-state index in [0.717, 1.165) is 25.4 Å². The number of terminal acetylenes is 1. The lowest BCUT2D eigenvalue weighted by Gasteiger charge is -2.44. The molecule has 3 unspecified atom stereocenters. The van der Waals surface area contributed by atoms with Crippen molar-refractivity contribution in [2.75, 3.05) is 13.1 Å². The fourth-order valence-electron chi connectivity index (χ4n) is 3.33. The standard InChI is InChI=1S/C19H28N2/c1-5-9-16(4)21-14-18(12-15(2)3)20-13-19(21)17-10-7-6-8-11-17/h1,6-8,10-11,15-16,18-20H,9,12-14H2,2-4H3. The van der Waals surface area contributed by atoms with Crippen LogP contribution in [-0.4, -0.2) is 30.1 Å². The Morgan fingerprint density at radius 3 is 2.62 bits per heavy atom. The van der Waals surface area contributed by atoms with Crippen LogP contribution in [0.15, 0.2) is 30.3 Å². The quantitative estimate of drug-likeness (QED) is 0.833. The number of nitrogens with one attached hydrogen (secondary N) is 1. The number of hydrogen-bond donors (Lipinski definition) is 1. The predicted molar refractivity (Wildman–Crippen MR) is 90.0 cm³/mol. The first-order chi connectivity index (χ1) is 10.1. The maximum absolute atomic E-state index is 5.54. The third-order valence-electron chi connectivity index (χ3n) is 4.35. The van der Waals surface area contributed by atoms with E-state index in [2.05, 4.69) is 67.2 Å².